The van der Waals surface area contributed by atoms with Crippen LogP contribution in [0, 0.1) is 17.3 Å². The molecule has 5 heteroatoms. The van der Waals surface area contributed by atoms with Crippen molar-refractivity contribution in [3.05, 3.63) is 0 Å². The van der Waals surface area contributed by atoms with Gasteiger partial charge in [-0.15, -0.1) is 0 Å². The standard InChI is InChI=1S/C9H16O4S/c1-9(2)6(7(9)8(10)11)4-5-14(3,12)13/h6-7H,4-5H2,1-3H3,(H,10,11)/t6-,7+/m0/s1. The van der Waals surface area contributed by atoms with Gasteiger partial charge in [-0.3, -0.25) is 4.79 Å². The first-order valence-electron chi connectivity index (χ1n) is 4.57. The van der Waals surface area contributed by atoms with Crippen LogP contribution in [0.3, 0.4) is 0 Å². The normalized spacial score (nSPS) is 29.9. The van der Waals surface area contributed by atoms with Gasteiger partial charge >= 0.3 is 5.97 Å². The number of carboxylic acid groups (broad SMARTS) is 1. The SMILES string of the molecule is CC1(C)[C@@H](CCS(C)(=O)=O)[C@@H]1C(=O)O. The number of carboxylic acids is 1. The van der Waals surface area contributed by atoms with Crippen LogP contribution >= 0.6 is 0 Å². The maximum atomic E-state index is 10.9. The van der Waals surface area contributed by atoms with Gasteiger partial charge in [-0.05, 0) is 17.8 Å². The van der Waals surface area contributed by atoms with Crippen molar-refractivity contribution in [2.45, 2.75) is 20.3 Å². The molecule has 0 spiro atoms. The molecule has 0 bridgehead atoms. The van der Waals surface area contributed by atoms with E-state index in [4.69, 9.17) is 5.11 Å². The molecule has 0 heterocycles. The summed E-state index contributed by atoms with van der Waals surface area (Å²) in [7, 11) is -2.97. The molecule has 2 atom stereocenters. The summed E-state index contributed by atoms with van der Waals surface area (Å²) in [6.45, 7) is 3.75. The Morgan fingerprint density at radius 1 is 1.43 bits per heavy atom. The molecule has 1 N–H and O–H groups in total. The molecule has 0 aliphatic heterocycles. The molecular formula is C9H16O4S. The quantitative estimate of drug-likeness (QED) is 0.760. The minimum absolute atomic E-state index is 0.00900. The Labute approximate surface area is 84.2 Å². The molecule has 0 aromatic carbocycles. The van der Waals surface area contributed by atoms with Crippen molar-refractivity contribution in [3.63, 3.8) is 0 Å². The van der Waals surface area contributed by atoms with Crippen LogP contribution in [0.25, 0.3) is 0 Å². The Balaban J connectivity index is 2.54. The number of rotatable bonds is 4. The van der Waals surface area contributed by atoms with Gasteiger partial charge in [0.15, 0.2) is 0 Å². The summed E-state index contributed by atoms with van der Waals surface area (Å²) in [5, 5.41) is 8.84. The van der Waals surface area contributed by atoms with E-state index in [0.717, 1.165) is 0 Å². The van der Waals surface area contributed by atoms with Gasteiger partial charge in [-0.2, -0.15) is 0 Å². The summed E-state index contributed by atoms with van der Waals surface area (Å²) in [6, 6.07) is 0. The molecule has 0 amide bonds. The van der Waals surface area contributed by atoms with Crippen LogP contribution in [-0.2, 0) is 14.6 Å². The predicted molar refractivity (Wildman–Crippen MR) is 52.7 cm³/mol. The van der Waals surface area contributed by atoms with Gasteiger partial charge < -0.3 is 5.11 Å². The fraction of sp³-hybridized carbons (Fsp3) is 0.889. The van der Waals surface area contributed by atoms with E-state index < -0.39 is 15.8 Å². The zero-order valence-electron chi connectivity index (χ0n) is 8.65. The zero-order chi connectivity index (χ0) is 11.1. The molecule has 82 valence electrons. The fourth-order valence-corrected chi connectivity index (χ4v) is 2.80. The molecule has 1 aliphatic carbocycles. The van der Waals surface area contributed by atoms with Crippen molar-refractivity contribution in [1.29, 1.82) is 0 Å². The van der Waals surface area contributed by atoms with Crippen LogP contribution in [0.1, 0.15) is 20.3 Å². The van der Waals surface area contributed by atoms with Crippen molar-refractivity contribution in [1.82, 2.24) is 0 Å². The lowest BCUT2D eigenvalue weighted by atomic mass is 10.1. The largest absolute Gasteiger partial charge is 0.481 e. The third-order valence-corrected chi connectivity index (χ3v) is 4.09. The monoisotopic (exact) mass is 220 g/mol. The van der Waals surface area contributed by atoms with Crippen LogP contribution in [-0.4, -0.2) is 31.5 Å². The second-order valence-corrected chi connectivity index (χ2v) is 6.92. The van der Waals surface area contributed by atoms with Gasteiger partial charge in [0.25, 0.3) is 0 Å². The highest BCUT2D eigenvalue weighted by Gasteiger charge is 2.61. The van der Waals surface area contributed by atoms with Crippen molar-refractivity contribution < 1.29 is 18.3 Å². The highest BCUT2D eigenvalue weighted by atomic mass is 32.2. The van der Waals surface area contributed by atoms with Gasteiger partial charge in [0.05, 0.1) is 11.7 Å². The van der Waals surface area contributed by atoms with E-state index in [2.05, 4.69) is 0 Å². The van der Waals surface area contributed by atoms with Crippen molar-refractivity contribution >= 4 is 15.8 Å². The fourth-order valence-electron chi connectivity index (χ4n) is 2.11. The van der Waals surface area contributed by atoms with Gasteiger partial charge in [0, 0.05) is 6.26 Å². The van der Waals surface area contributed by atoms with E-state index in [1.165, 1.54) is 6.26 Å². The van der Waals surface area contributed by atoms with Gasteiger partial charge in [0.2, 0.25) is 0 Å². The van der Waals surface area contributed by atoms with E-state index >= 15 is 0 Å². The maximum Gasteiger partial charge on any atom is 0.307 e. The molecule has 0 aromatic heterocycles. The van der Waals surface area contributed by atoms with Gasteiger partial charge in [0.1, 0.15) is 9.84 Å². The highest BCUT2D eigenvalue weighted by molar-refractivity contribution is 7.90. The molecule has 1 rings (SSSR count). The van der Waals surface area contributed by atoms with E-state index in [9.17, 15) is 13.2 Å². The van der Waals surface area contributed by atoms with Crippen molar-refractivity contribution in [3.8, 4) is 0 Å². The van der Waals surface area contributed by atoms with E-state index in [0.29, 0.717) is 6.42 Å². The van der Waals surface area contributed by atoms with E-state index in [-0.39, 0.29) is 23.0 Å². The number of hydrogen-bond donors (Lipinski definition) is 1. The topological polar surface area (TPSA) is 71.4 Å². The highest BCUT2D eigenvalue weighted by Crippen LogP contribution is 2.60. The van der Waals surface area contributed by atoms with Gasteiger partial charge in [-0.1, -0.05) is 13.8 Å². The molecule has 0 aromatic rings. The smallest absolute Gasteiger partial charge is 0.307 e. The molecule has 0 radical (unpaired) electrons. The van der Waals surface area contributed by atoms with Gasteiger partial charge in [-0.25, -0.2) is 8.42 Å². The van der Waals surface area contributed by atoms with Crippen LogP contribution in [0.4, 0.5) is 0 Å². The van der Waals surface area contributed by atoms with E-state index in [1.807, 2.05) is 13.8 Å². The zero-order valence-corrected chi connectivity index (χ0v) is 9.47. The number of sulfone groups is 1. The summed E-state index contributed by atoms with van der Waals surface area (Å²) in [6.07, 6.45) is 1.64. The molecule has 0 unspecified atom stereocenters. The van der Waals surface area contributed by atoms with E-state index in [1.54, 1.807) is 0 Å². The molecule has 14 heavy (non-hydrogen) atoms. The molecule has 1 aliphatic rings. The Bertz CT molecular complexity index is 342. The first-order chi connectivity index (χ1) is 6.16. The average Bonchev–Trinajstić information content (AvgIpc) is 2.47. The lowest BCUT2D eigenvalue weighted by Gasteiger charge is -2.00. The number of aliphatic carboxylic acids is 1. The average molecular weight is 220 g/mol. The molecule has 4 nitrogen and oxygen atoms in total. The second-order valence-electron chi connectivity index (χ2n) is 4.66. The predicted octanol–water partition coefficient (Wildman–Crippen LogP) is 0.778. The maximum absolute atomic E-state index is 10.9. The third kappa shape index (κ3) is 2.26. The summed E-state index contributed by atoms with van der Waals surface area (Å²) >= 11 is 0. The summed E-state index contributed by atoms with van der Waals surface area (Å²) < 4.78 is 21.8. The molecule has 0 saturated heterocycles. The molecular weight excluding hydrogens is 204 g/mol. The molecule has 1 fully saturated rings. The van der Waals surface area contributed by atoms with Crippen LogP contribution in [0.15, 0.2) is 0 Å². The van der Waals surface area contributed by atoms with Crippen LogP contribution < -0.4 is 0 Å². The minimum Gasteiger partial charge on any atom is -0.481 e. The minimum atomic E-state index is -2.97. The Morgan fingerprint density at radius 3 is 2.21 bits per heavy atom. The first-order valence-corrected chi connectivity index (χ1v) is 6.63. The lowest BCUT2D eigenvalue weighted by molar-refractivity contribution is -0.139. The second kappa shape index (κ2) is 3.22. The lowest BCUT2D eigenvalue weighted by Crippen LogP contribution is -2.06. The Kier molecular flexibility index (Phi) is 2.65. The van der Waals surface area contributed by atoms with Crippen molar-refractivity contribution in [2.75, 3.05) is 12.0 Å². The summed E-state index contributed by atoms with van der Waals surface area (Å²) in [4.78, 5) is 10.8. The molecule has 1 saturated carbocycles. The Hall–Kier alpha value is -0.580. The number of hydrogen-bond acceptors (Lipinski definition) is 3. The summed E-state index contributed by atoms with van der Waals surface area (Å²) in [5.41, 5.74) is -0.240. The number of carbonyl (C=O) groups is 1. The van der Waals surface area contributed by atoms with Crippen molar-refractivity contribution in [2.24, 2.45) is 17.3 Å². The first kappa shape index (κ1) is 11.5. The summed E-state index contributed by atoms with van der Waals surface area (Å²) in [5.74, 6) is -1.09. The third-order valence-electron chi connectivity index (χ3n) is 3.12. The van der Waals surface area contributed by atoms with Crippen LogP contribution in [0.2, 0.25) is 0 Å². The Morgan fingerprint density at radius 2 is 1.93 bits per heavy atom. The van der Waals surface area contributed by atoms with Crippen LogP contribution in [0.5, 0.6) is 0 Å².